The number of nitrogens with zero attached hydrogens (tertiary/aromatic N) is 1. The van der Waals surface area contributed by atoms with Gasteiger partial charge in [-0.3, -0.25) is 9.59 Å². The van der Waals surface area contributed by atoms with Gasteiger partial charge in [0.15, 0.2) is 5.16 Å². The molecule has 0 atom stereocenters. The number of hydrogen-bond donors (Lipinski definition) is 2. The highest BCUT2D eigenvalue weighted by Gasteiger charge is 2.10. The van der Waals surface area contributed by atoms with Gasteiger partial charge >= 0.3 is 0 Å². The smallest absolute Gasteiger partial charge is 0.251 e. The van der Waals surface area contributed by atoms with Crippen LogP contribution < -0.4 is 15.6 Å². The average molecular weight is 450 g/mol. The highest BCUT2D eigenvalue weighted by Crippen LogP contribution is 2.27. The first-order valence-corrected chi connectivity index (χ1v) is 10.3. The Morgan fingerprint density at radius 1 is 1.21 bits per heavy atom. The van der Waals surface area contributed by atoms with Gasteiger partial charge < -0.3 is 15.0 Å². The van der Waals surface area contributed by atoms with Crippen molar-refractivity contribution in [2.45, 2.75) is 17.3 Å². The molecule has 0 aliphatic carbocycles. The van der Waals surface area contributed by atoms with E-state index < -0.39 is 0 Å². The molecule has 0 aliphatic heterocycles. The second-order valence-electron chi connectivity index (χ2n) is 6.03. The van der Waals surface area contributed by atoms with Crippen molar-refractivity contribution in [2.24, 2.45) is 0 Å². The molecule has 6 nitrogen and oxygen atoms in total. The first kappa shape index (κ1) is 21.2. The third-order valence-electron chi connectivity index (χ3n) is 3.81. The molecule has 150 valence electrons. The Bertz CT molecular complexity index is 1090. The fraction of sp³-hybridized carbons (Fsp3) is 0.150. The quantitative estimate of drug-likeness (QED) is 0.407. The van der Waals surface area contributed by atoms with Crippen LogP contribution in [0.4, 0.5) is 5.69 Å². The lowest BCUT2D eigenvalue weighted by Gasteiger charge is -2.08. The van der Waals surface area contributed by atoms with Crippen LogP contribution in [0.2, 0.25) is 10.0 Å². The summed E-state index contributed by atoms with van der Waals surface area (Å²) in [5.74, 6) is 0.793. The molecule has 2 aromatic carbocycles. The molecule has 0 spiro atoms. The van der Waals surface area contributed by atoms with Crippen molar-refractivity contribution >= 4 is 46.6 Å². The molecule has 1 heterocycles. The number of hydrogen-bond acceptors (Lipinski definition) is 5. The van der Waals surface area contributed by atoms with Gasteiger partial charge in [-0.2, -0.15) is 0 Å². The van der Waals surface area contributed by atoms with Gasteiger partial charge in [0.2, 0.25) is 5.91 Å². The Hall–Kier alpha value is -2.48. The zero-order valence-corrected chi connectivity index (χ0v) is 17.7. The molecular formula is C20H17Cl2N3O3S. The van der Waals surface area contributed by atoms with E-state index in [1.165, 1.54) is 24.9 Å². The van der Waals surface area contributed by atoms with Crippen LogP contribution in [0.1, 0.15) is 11.3 Å². The van der Waals surface area contributed by atoms with Gasteiger partial charge in [0.1, 0.15) is 5.75 Å². The van der Waals surface area contributed by atoms with Crippen molar-refractivity contribution in [2.75, 3.05) is 12.4 Å². The Morgan fingerprint density at radius 3 is 2.76 bits per heavy atom. The summed E-state index contributed by atoms with van der Waals surface area (Å²) in [7, 11) is 1.51. The largest absolute Gasteiger partial charge is 0.495 e. The maximum atomic E-state index is 12.3. The molecule has 0 aliphatic rings. The minimum Gasteiger partial charge on any atom is -0.495 e. The van der Waals surface area contributed by atoms with Crippen molar-refractivity contribution in [1.29, 1.82) is 0 Å². The normalized spacial score (nSPS) is 10.6. The lowest BCUT2D eigenvalue weighted by atomic mass is 10.2. The fourth-order valence-corrected chi connectivity index (χ4v) is 3.84. The number of thioether (sulfide) groups is 1. The topological polar surface area (TPSA) is 84.1 Å². The van der Waals surface area contributed by atoms with Crippen molar-refractivity contribution in [3.63, 3.8) is 0 Å². The molecule has 0 bridgehead atoms. The maximum absolute atomic E-state index is 12.3. The van der Waals surface area contributed by atoms with Crippen molar-refractivity contribution in [3.8, 4) is 5.75 Å². The van der Waals surface area contributed by atoms with Gasteiger partial charge in [0.25, 0.3) is 5.56 Å². The minimum atomic E-state index is -0.316. The SMILES string of the molecule is COc1ccc(NC(=O)Cc2cc(=O)[nH]c(SCc3cccc(Cl)c3)n2)cc1Cl. The maximum Gasteiger partial charge on any atom is 0.251 e. The van der Waals surface area contributed by atoms with Crippen LogP contribution in [0.5, 0.6) is 5.75 Å². The highest BCUT2D eigenvalue weighted by atomic mass is 35.5. The Balaban J connectivity index is 1.65. The number of methoxy groups -OCH3 is 1. The number of aromatic amines is 1. The third kappa shape index (κ3) is 6.25. The van der Waals surface area contributed by atoms with Gasteiger partial charge in [-0.25, -0.2) is 4.98 Å². The summed E-state index contributed by atoms with van der Waals surface area (Å²) in [6.45, 7) is 0. The van der Waals surface area contributed by atoms with E-state index in [4.69, 9.17) is 27.9 Å². The third-order valence-corrected chi connectivity index (χ3v) is 5.29. The number of amides is 1. The van der Waals surface area contributed by atoms with Crippen molar-refractivity contribution in [1.82, 2.24) is 9.97 Å². The lowest BCUT2D eigenvalue weighted by Crippen LogP contribution is -2.18. The van der Waals surface area contributed by atoms with E-state index in [-0.39, 0.29) is 17.9 Å². The minimum absolute atomic E-state index is 0.0434. The van der Waals surface area contributed by atoms with E-state index >= 15 is 0 Å². The number of aromatic nitrogens is 2. The standard InChI is InChI=1S/C20H17Cl2N3O3S/c1-28-17-6-5-14(8-16(17)22)23-18(26)9-15-10-19(27)25-20(24-15)29-11-12-3-2-4-13(21)7-12/h2-8,10H,9,11H2,1H3,(H,23,26)(H,24,25,27). The Morgan fingerprint density at radius 2 is 2.03 bits per heavy atom. The summed E-state index contributed by atoms with van der Waals surface area (Å²) >= 11 is 13.4. The van der Waals surface area contributed by atoms with Crippen LogP contribution in [0, 0.1) is 0 Å². The molecule has 3 rings (SSSR count). The number of benzene rings is 2. The first-order valence-electron chi connectivity index (χ1n) is 8.54. The fourth-order valence-electron chi connectivity index (χ4n) is 2.53. The molecule has 0 saturated heterocycles. The molecule has 1 amide bonds. The second kappa shape index (κ2) is 9.82. The molecule has 0 fully saturated rings. The highest BCUT2D eigenvalue weighted by molar-refractivity contribution is 7.98. The summed E-state index contributed by atoms with van der Waals surface area (Å²) in [6.07, 6.45) is -0.0434. The molecule has 0 unspecified atom stereocenters. The number of rotatable bonds is 7. The van der Waals surface area contributed by atoms with Crippen LogP contribution in [0.25, 0.3) is 0 Å². The number of halogens is 2. The van der Waals surface area contributed by atoms with E-state index in [1.807, 2.05) is 18.2 Å². The zero-order valence-electron chi connectivity index (χ0n) is 15.4. The molecule has 0 saturated carbocycles. The van der Waals surface area contributed by atoms with Crippen LogP contribution in [0.3, 0.4) is 0 Å². The monoisotopic (exact) mass is 449 g/mol. The molecule has 9 heteroatoms. The zero-order chi connectivity index (χ0) is 20.8. The number of nitrogens with one attached hydrogen (secondary N) is 2. The van der Waals surface area contributed by atoms with E-state index in [9.17, 15) is 9.59 Å². The number of carbonyl (C=O) groups is 1. The summed E-state index contributed by atoms with van der Waals surface area (Å²) in [4.78, 5) is 31.3. The van der Waals surface area contributed by atoms with E-state index in [1.54, 1.807) is 24.3 Å². The van der Waals surface area contributed by atoms with Crippen LogP contribution >= 0.6 is 35.0 Å². The van der Waals surface area contributed by atoms with Crippen LogP contribution in [0.15, 0.2) is 58.5 Å². The van der Waals surface area contributed by atoms with Crippen LogP contribution in [-0.4, -0.2) is 23.0 Å². The predicted octanol–water partition coefficient (Wildman–Crippen LogP) is 4.56. The number of H-pyrrole nitrogens is 1. The second-order valence-corrected chi connectivity index (χ2v) is 7.84. The summed E-state index contributed by atoms with van der Waals surface area (Å²) in [6, 6.07) is 13.7. The number of ether oxygens (including phenoxy) is 1. The average Bonchev–Trinajstić information content (AvgIpc) is 2.66. The van der Waals surface area contributed by atoms with Gasteiger partial charge in [-0.05, 0) is 35.9 Å². The summed E-state index contributed by atoms with van der Waals surface area (Å²) < 4.78 is 5.09. The number of carbonyl (C=O) groups excluding carboxylic acids is 1. The Kier molecular flexibility index (Phi) is 7.19. The van der Waals surface area contributed by atoms with Gasteiger partial charge in [0.05, 0.1) is 24.2 Å². The first-order chi connectivity index (χ1) is 13.9. The van der Waals surface area contributed by atoms with Gasteiger partial charge in [-0.1, -0.05) is 47.1 Å². The summed E-state index contributed by atoms with van der Waals surface area (Å²) in [5.41, 5.74) is 1.59. The van der Waals surface area contributed by atoms with Crippen molar-refractivity contribution < 1.29 is 9.53 Å². The number of anilines is 1. The van der Waals surface area contributed by atoms with E-state index in [0.717, 1.165) is 5.56 Å². The molecule has 0 radical (unpaired) electrons. The lowest BCUT2D eigenvalue weighted by molar-refractivity contribution is -0.115. The van der Waals surface area contributed by atoms with Gasteiger partial charge in [0, 0.05) is 22.5 Å². The predicted molar refractivity (Wildman–Crippen MR) is 116 cm³/mol. The molecule has 3 aromatic rings. The van der Waals surface area contributed by atoms with Crippen LogP contribution in [-0.2, 0) is 17.0 Å². The summed E-state index contributed by atoms with van der Waals surface area (Å²) in [5, 5.41) is 4.21. The van der Waals surface area contributed by atoms with Gasteiger partial charge in [-0.15, -0.1) is 0 Å². The van der Waals surface area contributed by atoms with E-state index in [0.29, 0.717) is 38.1 Å². The molecule has 2 N–H and O–H groups in total. The van der Waals surface area contributed by atoms with Crippen molar-refractivity contribution in [3.05, 3.63) is 80.2 Å². The molecule has 1 aromatic heterocycles. The van der Waals surface area contributed by atoms with E-state index in [2.05, 4.69) is 15.3 Å². The Labute approximate surface area is 181 Å². The molecule has 29 heavy (non-hydrogen) atoms. The molecular weight excluding hydrogens is 433 g/mol.